The maximum absolute atomic E-state index is 5.28. The largest absolute Gasteiger partial charge is 0.293 e. The van der Waals surface area contributed by atoms with E-state index in [9.17, 15) is 0 Å². The second-order valence-electron chi connectivity index (χ2n) is 2.21. The molecule has 0 unspecified atom stereocenters. The first-order valence-electron chi connectivity index (χ1n) is 3.30. The molecule has 11 heavy (non-hydrogen) atoms. The number of nitrogens with zero attached hydrogens (tertiary/aromatic N) is 2. The molecule has 2 aromatic rings. The van der Waals surface area contributed by atoms with Crippen LogP contribution in [0.1, 0.15) is 5.69 Å². The Bertz CT molecular complexity index is 420. The molecule has 0 aromatic carbocycles. The van der Waals surface area contributed by atoms with E-state index in [2.05, 4.69) is 10.9 Å². The molecule has 0 radical (unpaired) electrons. The lowest BCUT2D eigenvalue weighted by Gasteiger charge is -1.94. The monoisotopic (exact) mass is 142 g/mol. The highest BCUT2D eigenvalue weighted by Crippen LogP contribution is 2.03. The minimum Gasteiger partial charge on any atom is -0.293 e. The molecule has 2 rings (SSSR count). The number of rotatable bonds is 0. The quantitative estimate of drug-likeness (QED) is 0.507. The highest BCUT2D eigenvalue weighted by atomic mass is 15.0. The van der Waals surface area contributed by atoms with E-state index < -0.39 is 0 Å². The van der Waals surface area contributed by atoms with Gasteiger partial charge >= 0.3 is 0 Å². The number of hydrogen-bond acceptors (Lipinski definition) is 1. The second kappa shape index (κ2) is 2.14. The molecule has 0 bridgehead atoms. The summed E-state index contributed by atoms with van der Waals surface area (Å²) in [5.74, 6) is 2.58. The molecule has 0 spiro atoms. The zero-order valence-corrected chi connectivity index (χ0v) is 5.86. The van der Waals surface area contributed by atoms with Gasteiger partial charge in [-0.15, -0.1) is 6.42 Å². The topological polar surface area (TPSA) is 17.3 Å². The van der Waals surface area contributed by atoms with Crippen molar-refractivity contribution in [2.24, 2.45) is 0 Å². The van der Waals surface area contributed by atoms with Crippen LogP contribution < -0.4 is 0 Å². The molecule has 0 aliphatic rings. The van der Waals surface area contributed by atoms with E-state index in [1.165, 1.54) is 0 Å². The van der Waals surface area contributed by atoms with E-state index in [-0.39, 0.29) is 0 Å². The fraction of sp³-hybridized carbons (Fsp3) is 0. The summed E-state index contributed by atoms with van der Waals surface area (Å²) in [7, 11) is 0. The number of fused-ring (bicyclic) bond motifs is 1. The van der Waals surface area contributed by atoms with Crippen LogP contribution in [0.5, 0.6) is 0 Å². The van der Waals surface area contributed by atoms with Crippen LogP contribution >= 0.6 is 0 Å². The SMILES string of the molecule is C#Cc1cccc2nccn12. The van der Waals surface area contributed by atoms with E-state index in [0.29, 0.717) is 0 Å². The molecule has 2 aromatic heterocycles. The van der Waals surface area contributed by atoms with E-state index in [0.717, 1.165) is 11.3 Å². The third kappa shape index (κ3) is 0.786. The summed E-state index contributed by atoms with van der Waals surface area (Å²) in [5.41, 5.74) is 1.72. The van der Waals surface area contributed by atoms with Crippen LogP contribution in [0.25, 0.3) is 5.65 Å². The fourth-order valence-electron chi connectivity index (χ4n) is 1.07. The van der Waals surface area contributed by atoms with Gasteiger partial charge in [0.1, 0.15) is 5.65 Å². The van der Waals surface area contributed by atoms with Crippen molar-refractivity contribution < 1.29 is 0 Å². The van der Waals surface area contributed by atoms with E-state index >= 15 is 0 Å². The van der Waals surface area contributed by atoms with Gasteiger partial charge in [-0.3, -0.25) is 4.40 Å². The maximum Gasteiger partial charge on any atom is 0.137 e. The standard InChI is InChI=1S/C9H6N2/c1-2-8-4-3-5-9-10-6-7-11(8)9/h1,3-7H. The van der Waals surface area contributed by atoms with Gasteiger partial charge < -0.3 is 0 Å². The Hall–Kier alpha value is -1.75. The lowest BCUT2D eigenvalue weighted by Crippen LogP contribution is -1.88. The first-order chi connectivity index (χ1) is 5.42. The van der Waals surface area contributed by atoms with Crippen molar-refractivity contribution in [2.75, 3.05) is 0 Å². The minimum atomic E-state index is 0.833. The Labute approximate surface area is 64.5 Å². The van der Waals surface area contributed by atoms with Gasteiger partial charge in [0.2, 0.25) is 0 Å². The highest BCUT2D eigenvalue weighted by Gasteiger charge is 1.94. The number of hydrogen-bond donors (Lipinski definition) is 0. The summed E-state index contributed by atoms with van der Waals surface area (Å²) < 4.78 is 1.88. The average molecular weight is 142 g/mol. The predicted molar refractivity (Wildman–Crippen MR) is 43.1 cm³/mol. The van der Waals surface area contributed by atoms with E-state index in [1.807, 2.05) is 28.8 Å². The number of imidazole rings is 1. The first-order valence-corrected chi connectivity index (χ1v) is 3.30. The normalized spacial score (nSPS) is 9.73. The van der Waals surface area contributed by atoms with Crippen molar-refractivity contribution in [1.29, 1.82) is 0 Å². The number of aromatic nitrogens is 2. The Morgan fingerprint density at radius 2 is 2.36 bits per heavy atom. The summed E-state index contributed by atoms with van der Waals surface area (Å²) in [6.07, 6.45) is 8.86. The molecule has 0 aliphatic carbocycles. The Morgan fingerprint density at radius 1 is 1.45 bits per heavy atom. The summed E-state index contributed by atoms with van der Waals surface area (Å²) in [6, 6.07) is 5.70. The van der Waals surface area contributed by atoms with E-state index in [4.69, 9.17) is 6.42 Å². The zero-order valence-electron chi connectivity index (χ0n) is 5.86. The minimum absolute atomic E-state index is 0.833. The molecule has 0 atom stereocenters. The van der Waals surface area contributed by atoms with Gasteiger partial charge in [0.05, 0.1) is 5.69 Å². The smallest absolute Gasteiger partial charge is 0.137 e. The van der Waals surface area contributed by atoms with E-state index in [1.54, 1.807) is 6.20 Å². The van der Waals surface area contributed by atoms with Crippen molar-refractivity contribution in [2.45, 2.75) is 0 Å². The van der Waals surface area contributed by atoms with Crippen LogP contribution in [0.2, 0.25) is 0 Å². The lowest BCUT2D eigenvalue weighted by atomic mass is 10.3. The Morgan fingerprint density at radius 3 is 3.18 bits per heavy atom. The van der Waals surface area contributed by atoms with Gasteiger partial charge in [-0.1, -0.05) is 12.0 Å². The van der Waals surface area contributed by atoms with Crippen molar-refractivity contribution >= 4 is 5.65 Å². The second-order valence-corrected chi connectivity index (χ2v) is 2.21. The molecule has 0 saturated heterocycles. The fourth-order valence-corrected chi connectivity index (χ4v) is 1.07. The van der Waals surface area contributed by atoms with Gasteiger partial charge in [-0.25, -0.2) is 4.98 Å². The van der Waals surface area contributed by atoms with Crippen LogP contribution in [0.15, 0.2) is 30.6 Å². The molecule has 0 aliphatic heterocycles. The molecule has 2 nitrogen and oxygen atoms in total. The van der Waals surface area contributed by atoms with Crippen molar-refractivity contribution in [3.05, 3.63) is 36.3 Å². The Balaban J connectivity index is 2.92. The molecule has 0 fully saturated rings. The Kier molecular flexibility index (Phi) is 1.16. The van der Waals surface area contributed by atoms with Gasteiger partial charge in [-0.05, 0) is 12.1 Å². The molecular formula is C9H6N2. The summed E-state index contributed by atoms with van der Waals surface area (Å²) >= 11 is 0. The van der Waals surface area contributed by atoms with Gasteiger partial charge in [0.15, 0.2) is 0 Å². The third-order valence-electron chi connectivity index (χ3n) is 1.58. The highest BCUT2D eigenvalue weighted by molar-refractivity contribution is 5.43. The molecule has 0 amide bonds. The van der Waals surface area contributed by atoms with Gasteiger partial charge in [-0.2, -0.15) is 0 Å². The van der Waals surface area contributed by atoms with Crippen LogP contribution in [-0.2, 0) is 0 Å². The van der Waals surface area contributed by atoms with Crippen molar-refractivity contribution in [1.82, 2.24) is 9.38 Å². The molecule has 52 valence electrons. The maximum atomic E-state index is 5.28. The average Bonchev–Trinajstić information content (AvgIpc) is 2.50. The lowest BCUT2D eigenvalue weighted by molar-refractivity contribution is 1.16. The van der Waals surface area contributed by atoms with Crippen LogP contribution in [0.3, 0.4) is 0 Å². The zero-order chi connectivity index (χ0) is 7.68. The predicted octanol–water partition coefficient (Wildman–Crippen LogP) is 1.32. The number of pyridine rings is 1. The first kappa shape index (κ1) is 5.99. The summed E-state index contributed by atoms with van der Waals surface area (Å²) in [5, 5.41) is 0. The summed E-state index contributed by atoms with van der Waals surface area (Å²) in [6.45, 7) is 0. The molecule has 2 heterocycles. The van der Waals surface area contributed by atoms with Crippen LogP contribution in [0, 0.1) is 12.3 Å². The third-order valence-corrected chi connectivity index (χ3v) is 1.58. The molecule has 0 saturated carbocycles. The number of terminal acetylenes is 1. The molecule has 0 N–H and O–H groups in total. The van der Waals surface area contributed by atoms with Crippen LogP contribution in [0.4, 0.5) is 0 Å². The van der Waals surface area contributed by atoms with Crippen LogP contribution in [-0.4, -0.2) is 9.38 Å². The molecule has 2 heteroatoms. The van der Waals surface area contributed by atoms with Crippen molar-refractivity contribution in [3.63, 3.8) is 0 Å². The molecular weight excluding hydrogens is 136 g/mol. The van der Waals surface area contributed by atoms with Gasteiger partial charge in [0, 0.05) is 12.4 Å². The van der Waals surface area contributed by atoms with Crippen molar-refractivity contribution in [3.8, 4) is 12.3 Å². The summed E-state index contributed by atoms with van der Waals surface area (Å²) in [4.78, 5) is 4.09. The van der Waals surface area contributed by atoms with Gasteiger partial charge in [0.25, 0.3) is 0 Å².